The van der Waals surface area contributed by atoms with Gasteiger partial charge < -0.3 is 89.1 Å². The predicted octanol–water partition coefficient (Wildman–Crippen LogP) is 11.0. The van der Waals surface area contributed by atoms with Crippen molar-refractivity contribution in [2.75, 3.05) is 26.4 Å². The maximum atomic E-state index is 14.3. The molecule has 0 radical (unpaired) electrons. The third-order valence-corrected chi connectivity index (χ3v) is 20.4. The highest BCUT2D eigenvalue weighted by atomic mass is 31.2. The molecule has 0 aromatic heterocycles. The number of aliphatic hydroxyl groups excluding tert-OH is 10. The number of hydrogen-bond donors (Lipinski definition) is 11. The third-order valence-electron chi connectivity index (χ3n) is 19.4. The van der Waals surface area contributed by atoms with Gasteiger partial charge in [-0.15, -0.1) is 0 Å². The fourth-order valence-corrected chi connectivity index (χ4v) is 14.0. The van der Waals surface area contributed by atoms with Crippen molar-refractivity contribution in [1.82, 2.24) is 0 Å². The van der Waals surface area contributed by atoms with E-state index in [1.54, 1.807) is 0 Å². The molecule has 2 aliphatic heterocycles. The fraction of sp³-hybridized carbons (Fsp3) is 0.959. The van der Waals surface area contributed by atoms with Crippen LogP contribution in [0.1, 0.15) is 316 Å². The Kier molecular flexibility index (Phi) is 51.0. The number of esters is 3. The molecule has 25 heteroatoms. The third kappa shape index (κ3) is 38.1. The summed E-state index contributed by atoms with van der Waals surface area (Å²) in [6, 6.07) is 0. The van der Waals surface area contributed by atoms with Crippen LogP contribution in [-0.2, 0) is 61.2 Å². The van der Waals surface area contributed by atoms with Gasteiger partial charge in [0.25, 0.3) is 0 Å². The van der Waals surface area contributed by atoms with E-state index in [1.807, 2.05) is 0 Å². The van der Waals surface area contributed by atoms with Crippen molar-refractivity contribution in [1.29, 1.82) is 0 Å². The van der Waals surface area contributed by atoms with Crippen molar-refractivity contribution in [3.8, 4) is 0 Å². The molecule has 0 aromatic carbocycles. The van der Waals surface area contributed by atoms with Crippen molar-refractivity contribution in [3.63, 3.8) is 0 Å². The molecule has 3 rings (SSSR count). The second-order valence-corrected chi connectivity index (χ2v) is 29.5. The molecule has 2 saturated heterocycles. The van der Waals surface area contributed by atoms with Crippen LogP contribution in [0.3, 0.4) is 0 Å². The number of carbonyl (C=O) groups excluding carboxylic acids is 3. The van der Waals surface area contributed by atoms with E-state index in [9.17, 15) is 74.9 Å². The second kappa shape index (κ2) is 55.4. The van der Waals surface area contributed by atoms with Crippen molar-refractivity contribution >= 4 is 25.7 Å². The van der Waals surface area contributed by atoms with Gasteiger partial charge in [0, 0.05) is 19.3 Å². The van der Waals surface area contributed by atoms with E-state index in [1.165, 1.54) is 167 Å². The number of carbonyl (C=O) groups is 3. The largest absolute Gasteiger partial charge is 0.472 e. The summed E-state index contributed by atoms with van der Waals surface area (Å²) in [6.07, 6.45) is 13.0. The monoisotopic (exact) mass is 1430 g/mol. The van der Waals surface area contributed by atoms with Gasteiger partial charge in [-0.3, -0.25) is 23.4 Å². The van der Waals surface area contributed by atoms with Crippen LogP contribution in [-0.4, -0.2) is 204 Å². The van der Waals surface area contributed by atoms with Crippen molar-refractivity contribution in [3.05, 3.63) is 0 Å². The predicted molar refractivity (Wildman–Crippen MR) is 370 cm³/mol. The molecule has 24 nitrogen and oxygen atoms in total. The second-order valence-electron chi connectivity index (χ2n) is 28.1. The van der Waals surface area contributed by atoms with Gasteiger partial charge in [-0.25, -0.2) is 4.57 Å². The van der Waals surface area contributed by atoms with Gasteiger partial charge in [-0.2, -0.15) is 0 Å². The van der Waals surface area contributed by atoms with Crippen molar-refractivity contribution < 1.29 is 117 Å². The van der Waals surface area contributed by atoms with E-state index in [0.29, 0.717) is 19.3 Å². The van der Waals surface area contributed by atoms with E-state index in [4.69, 9.17) is 42.2 Å². The standard InChI is InChI=1S/C73H137O24P/c1-4-7-10-13-16-19-22-25-27-28-29-31-34-37-40-43-46-49-59(77)92-54(51-89-57(75)47-44-41-38-36-33-30-26-23-20-17-14-11-8-5-2)52-91-98(87,88)97-71-69(95-72-67(85)62(80)60(78)55(50-74)93-72)65(83)64(82)66(84)70(71)96-73-68(86)63(81)61(79)56(94-73)53-90-58(76)48-45-42-39-35-32-24-21-18-15-12-9-6-3/h54-56,60-74,78-86H,4-53H2,1-3H3,(H,87,88). The Morgan fingerprint density at radius 1 is 0.357 bits per heavy atom. The van der Waals surface area contributed by atoms with Gasteiger partial charge in [0.05, 0.1) is 13.2 Å². The van der Waals surface area contributed by atoms with E-state index in [2.05, 4.69) is 20.8 Å². The summed E-state index contributed by atoms with van der Waals surface area (Å²) in [5.74, 6) is -1.97. The Morgan fingerprint density at radius 2 is 0.653 bits per heavy atom. The van der Waals surface area contributed by atoms with Gasteiger partial charge in [-0.1, -0.05) is 278 Å². The van der Waals surface area contributed by atoms with Crippen LogP contribution in [0, 0.1) is 0 Å². The lowest BCUT2D eigenvalue weighted by Gasteiger charge is -2.49. The van der Waals surface area contributed by atoms with Crippen LogP contribution in [0.5, 0.6) is 0 Å². The van der Waals surface area contributed by atoms with Gasteiger partial charge in [-0.05, 0) is 19.3 Å². The zero-order chi connectivity index (χ0) is 71.8. The molecule has 0 bridgehead atoms. The summed E-state index contributed by atoms with van der Waals surface area (Å²) < 4.78 is 65.1. The quantitative estimate of drug-likeness (QED) is 0.0117. The van der Waals surface area contributed by atoms with Gasteiger partial charge in [0.2, 0.25) is 0 Å². The number of phosphoric acid groups is 1. The van der Waals surface area contributed by atoms with Crippen LogP contribution in [0.2, 0.25) is 0 Å². The first kappa shape index (κ1) is 90.2. The Hall–Kier alpha value is -2.04. The Bertz CT molecular complexity index is 2030. The minimum Gasteiger partial charge on any atom is -0.463 e. The number of aliphatic hydroxyl groups is 10. The molecule has 0 spiro atoms. The summed E-state index contributed by atoms with van der Waals surface area (Å²) in [6.45, 7) is 3.48. The lowest BCUT2D eigenvalue weighted by molar-refractivity contribution is -0.360. The van der Waals surface area contributed by atoms with Crippen LogP contribution < -0.4 is 0 Å². The Morgan fingerprint density at radius 3 is 1.00 bits per heavy atom. The molecule has 18 unspecified atom stereocenters. The average Bonchev–Trinajstić information content (AvgIpc) is 0.762. The zero-order valence-corrected chi connectivity index (χ0v) is 61.2. The molecule has 2 heterocycles. The van der Waals surface area contributed by atoms with Gasteiger partial charge in [0.15, 0.2) is 18.7 Å². The average molecular weight is 1430 g/mol. The van der Waals surface area contributed by atoms with E-state index in [0.717, 1.165) is 89.9 Å². The number of hydrogen-bond acceptors (Lipinski definition) is 23. The molecular formula is C73H137O24P. The van der Waals surface area contributed by atoms with E-state index >= 15 is 0 Å². The highest BCUT2D eigenvalue weighted by Crippen LogP contribution is 2.49. The highest BCUT2D eigenvalue weighted by Gasteiger charge is 2.58. The maximum Gasteiger partial charge on any atom is 0.472 e. The van der Waals surface area contributed by atoms with Crippen molar-refractivity contribution in [2.45, 2.75) is 420 Å². The maximum absolute atomic E-state index is 14.3. The lowest BCUT2D eigenvalue weighted by Crippen LogP contribution is -2.69. The minimum absolute atomic E-state index is 0.0326. The van der Waals surface area contributed by atoms with Crippen molar-refractivity contribution in [2.24, 2.45) is 0 Å². The van der Waals surface area contributed by atoms with Crippen LogP contribution in [0.4, 0.5) is 0 Å². The molecule has 18 atom stereocenters. The summed E-state index contributed by atoms with van der Waals surface area (Å²) in [5, 5.41) is 110. The number of phosphoric ester groups is 1. The topological polar surface area (TPSA) is 374 Å². The summed E-state index contributed by atoms with van der Waals surface area (Å²) in [5.41, 5.74) is 0. The highest BCUT2D eigenvalue weighted by molar-refractivity contribution is 7.47. The van der Waals surface area contributed by atoms with Gasteiger partial charge >= 0.3 is 25.7 Å². The molecule has 3 aliphatic rings. The zero-order valence-electron chi connectivity index (χ0n) is 60.3. The van der Waals surface area contributed by atoms with E-state index < -0.39 is 156 Å². The molecule has 0 amide bonds. The molecular weight excluding hydrogens is 1290 g/mol. The SMILES string of the molecule is CCCCCCCCCCCCCCCCCCCC(=O)OC(COC(=O)CCCCCCCCCCCCCCCC)COP(=O)(O)OC1C(OC2OC(CO)C(O)C(O)C2O)C(O)C(O)C(O)C1OC1OC(COC(=O)CCCCCCCCCCCCCC)C(O)C(O)C1O. The normalized spacial score (nSPS) is 27.6. The Labute approximate surface area is 587 Å². The molecule has 578 valence electrons. The summed E-state index contributed by atoms with van der Waals surface area (Å²) in [4.78, 5) is 51.0. The first-order valence-electron chi connectivity index (χ1n) is 38.8. The molecule has 1 aliphatic carbocycles. The first-order chi connectivity index (χ1) is 47.3. The number of ether oxygens (including phenoxy) is 7. The molecule has 11 N–H and O–H groups in total. The van der Waals surface area contributed by atoms with Crippen LogP contribution in [0.25, 0.3) is 0 Å². The van der Waals surface area contributed by atoms with Gasteiger partial charge in [0.1, 0.15) is 98.7 Å². The summed E-state index contributed by atoms with van der Waals surface area (Å²) in [7, 11) is -5.69. The molecule has 1 saturated carbocycles. The lowest BCUT2D eigenvalue weighted by atomic mass is 9.84. The summed E-state index contributed by atoms with van der Waals surface area (Å²) >= 11 is 0. The fourth-order valence-electron chi connectivity index (χ4n) is 13.1. The smallest absolute Gasteiger partial charge is 0.463 e. The van der Waals surface area contributed by atoms with Crippen LogP contribution >= 0.6 is 7.82 Å². The molecule has 3 fully saturated rings. The minimum atomic E-state index is -5.69. The molecule has 0 aromatic rings. The molecule has 98 heavy (non-hydrogen) atoms. The number of rotatable bonds is 61. The Balaban J connectivity index is 1.72. The van der Waals surface area contributed by atoms with Crippen LogP contribution in [0.15, 0.2) is 0 Å². The first-order valence-corrected chi connectivity index (χ1v) is 40.3. The number of unbranched alkanes of at least 4 members (excludes halogenated alkanes) is 40. The van der Waals surface area contributed by atoms with E-state index in [-0.39, 0.29) is 19.3 Å².